The number of amides is 1. The summed E-state index contributed by atoms with van der Waals surface area (Å²) in [6.45, 7) is 4.37. The second-order valence-corrected chi connectivity index (χ2v) is 7.26. The molecule has 27 heavy (non-hydrogen) atoms. The van der Waals surface area contributed by atoms with Gasteiger partial charge in [-0.15, -0.1) is 0 Å². The van der Waals surface area contributed by atoms with Crippen molar-refractivity contribution in [3.05, 3.63) is 23.8 Å². The molecular formula is C20H30N2O5. The number of aliphatic hydroxyl groups is 1. The summed E-state index contributed by atoms with van der Waals surface area (Å²) >= 11 is 0. The number of hydrogen-bond donors (Lipinski definition) is 1. The van der Waals surface area contributed by atoms with E-state index in [0.717, 1.165) is 38.1 Å². The SMILES string of the molecule is COc1cccc(CN2CCC[C@](O)(CN3CCCOCC3)C2=O)c1OC. The monoisotopic (exact) mass is 378 g/mol. The van der Waals surface area contributed by atoms with E-state index in [4.69, 9.17) is 14.2 Å². The highest BCUT2D eigenvalue weighted by Gasteiger charge is 2.43. The molecular weight excluding hydrogens is 348 g/mol. The molecule has 1 aromatic carbocycles. The minimum Gasteiger partial charge on any atom is -0.493 e. The van der Waals surface area contributed by atoms with E-state index in [1.807, 2.05) is 18.2 Å². The molecule has 0 unspecified atom stereocenters. The minimum atomic E-state index is -1.34. The van der Waals surface area contributed by atoms with E-state index in [1.165, 1.54) is 0 Å². The summed E-state index contributed by atoms with van der Waals surface area (Å²) in [5.41, 5.74) is -0.466. The van der Waals surface area contributed by atoms with E-state index in [1.54, 1.807) is 19.1 Å². The van der Waals surface area contributed by atoms with Crippen molar-refractivity contribution in [1.29, 1.82) is 0 Å². The van der Waals surface area contributed by atoms with Crippen molar-refractivity contribution in [2.75, 3.05) is 53.6 Å². The van der Waals surface area contributed by atoms with E-state index < -0.39 is 5.60 Å². The lowest BCUT2D eigenvalue weighted by Gasteiger charge is -2.40. The highest BCUT2D eigenvalue weighted by atomic mass is 16.5. The van der Waals surface area contributed by atoms with Crippen LogP contribution in [0, 0.1) is 0 Å². The molecule has 1 aromatic rings. The Morgan fingerprint density at radius 3 is 2.78 bits per heavy atom. The molecule has 2 saturated heterocycles. The zero-order valence-corrected chi connectivity index (χ0v) is 16.3. The summed E-state index contributed by atoms with van der Waals surface area (Å²) in [4.78, 5) is 17.0. The number of carbonyl (C=O) groups is 1. The van der Waals surface area contributed by atoms with Crippen LogP contribution in [0.5, 0.6) is 11.5 Å². The molecule has 0 spiro atoms. The van der Waals surface area contributed by atoms with Crippen LogP contribution in [0.4, 0.5) is 0 Å². The van der Waals surface area contributed by atoms with Crippen LogP contribution >= 0.6 is 0 Å². The smallest absolute Gasteiger partial charge is 0.256 e. The fourth-order valence-corrected chi connectivity index (χ4v) is 3.97. The lowest BCUT2D eigenvalue weighted by molar-refractivity contribution is -0.160. The lowest BCUT2D eigenvalue weighted by atomic mass is 9.90. The van der Waals surface area contributed by atoms with Gasteiger partial charge in [0.25, 0.3) is 5.91 Å². The van der Waals surface area contributed by atoms with Gasteiger partial charge >= 0.3 is 0 Å². The van der Waals surface area contributed by atoms with Crippen molar-refractivity contribution >= 4 is 5.91 Å². The number of rotatable bonds is 6. The van der Waals surface area contributed by atoms with Gasteiger partial charge in [-0.2, -0.15) is 0 Å². The fraction of sp³-hybridized carbons (Fsp3) is 0.650. The van der Waals surface area contributed by atoms with E-state index in [2.05, 4.69) is 4.90 Å². The number of carbonyl (C=O) groups excluding carboxylic acids is 1. The maximum atomic E-state index is 13.1. The molecule has 150 valence electrons. The number of likely N-dealkylation sites (tertiary alicyclic amines) is 1. The van der Waals surface area contributed by atoms with Gasteiger partial charge in [0.1, 0.15) is 0 Å². The third-order valence-corrected chi connectivity index (χ3v) is 5.35. The third-order valence-electron chi connectivity index (χ3n) is 5.35. The van der Waals surface area contributed by atoms with E-state index in [-0.39, 0.29) is 5.91 Å². The van der Waals surface area contributed by atoms with Crippen LogP contribution in [-0.2, 0) is 16.1 Å². The van der Waals surface area contributed by atoms with E-state index in [9.17, 15) is 9.90 Å². The molecule has 2 fully saturated rings. The number of para-hydroxylation sites is 1. The van der Waals surface area contributed by atoms with Crippen LogP contribution in [0.3, 0.4) is 0 Å². The Balaban J connectivity index is 1.73. The Labute approximate surface area is 160 Å². The van der Waals surface area contributed by atoms with Crippen molar-refractivity contribution in [2.24, 2.45) is 0 Å². The summed E-state index contributed by atoms with van der Waals surface area (Å²) < 4.78 is 16.3. The first-order chi connectivity index (χ1) is 13.1. The molecule has 0 bridgehead atoms. The number of nitrogens with zero attached hydrogens (tertiary/aromatic N) is 2. The predicted molar refractivity (Wildman–Crippen MR) is 101 cm³/mol. The molecule has 0 saturated carbocycles. The van der Waals surface area contributed by atoms with Gasteiger partial charge < -0.3 is 24.2 Å². The average molecular weight is 378 g/mol. The van der Waals surface area contributed by atoms with E-state index in [0.29, 0.717) is 44.2 Å². The second-order valence-electron chi connectivity index (χ2n) is 7.26. The molecule has 7 nitrogen and oxygen atoms in total. The van der Waals surface area contributed by atoms with Gasteiger partial charge in [0.15, 0.2) is 17.1 Å². The normalized spacial score (nSPS) is 24.6. The molecule has 2 heterocycles. The molecule has 2 aliphatic heterocycles. The van der Waals surface area contributed by atoms with E-state index >= 15 is 0 Å². The van der Waals surface area contributed by atoms with Gasteiger partial charge in [-0.25, -0.2) is 0 Å². The topological polar surface area (TPSA) is 71.5 Å². The van der Waals surface area contributed by atoms with Crippen LogP contribution in [0.25, 0.3) is 0 Å². The summed E-state index contributed by atoms with van der Waals surface area (Å²) in [5, 5.41) is 11.1. The number of β-amino-alcohol motifs (C(OH)–C–C–N with tert-alkyl or cyclic N) is 1. The van der Waals surface area contributed by atoms with Gasteiger partial charge in [-0.1, -0.05) is 12.1 Å². The molecule has 3 rings (SSSR count). The Morgan fingerprint density at radius 1 is 1.15 bits per heavy atom. The Bertz CT molecular complexity index is 645. The molecule has 0 radical (unpaired) electrons. The number of piperidine rings is 1. The van der Waals surface area contributed by atoms with Crippen LogP contribution < -0.4 is 9.47 Å². The van der Waals surface area contributed by atoms with Gasteiger partial charge in [0.05, 0.1) is 20.8 Å². The van der Waals surface area contributed by atoms with Crippen molar-refractivity contribution in [1.82, 2.24) is 9.80 Å². The zero-order chi connectivity index (χ0) is 19.3. The highest BCUT2D eigenvalue weighted by molar-refractivity contribution is 5.86. The average Bonchev–Trinajstić information content (AvgIpc) is 2.93. The van der Waals surface area contributed by atoms with Gasteiger partial charge in [0.2, 0.25) is 0 Å². The Hall–Kier alpha value is -1.83. The molecule has 1 atom stereocenters. The standard InChI is InChI=1S/C20H30N2O5/c1-25-17-7-3-6-16(18(17)26-2)14-22-10-4-8-20(24,19(22)23)15-21-9-5-12-27-13-11-21/h3,6-7,24H,4-5,8-15H2,1-2H3/t20-/m0/s1. The van der Waals surface area contributed by atoms with Crippen molar-refractivity contribution in [3.8, 4) is 11.5 Å². The van der Waals surface area contributed by atoms with Crippen LogP contribution in [0.1, 0.15) is 24.8 Å². The van der Waals surface area contributed by atoms with Crippen molar-refractivity contribution in [3.63, 3.8) is 0 Å². The number of benzene rings is 1. The minimum absolute atomic E-state index is 0.205. The van der Waals surface area contributed by atoms with Crippen molar-refractivity contribution < 1.29 is 24.1 Å². The summed E-state index contributed by atoms with van der Waals surface area (Å²) in [7, 11) is 3.19. The maximum Gasteiger partial charge on any atom is 0.256 e. The zero-order valence-electron chi connectivity index (χ0n) is 16.3. The first kappa shape index (κ1) is 19.9. The summed E-state index contributed by atoms with van der Waals surface area (Å²) in [6, 6.07) is 5.64. The quantitative estimate of drug-likeness (QED) is 0.804. The number of hydrogen-bond acceptors (Lipinski definition) is 6. The van der Waals surface area contributed by atoms with Gasteiger partial charge in [-0.05, 0) is 25.3 Å². The van der Waals surface area contributed by atoms with Gasteiger partial charge in [-0.3, -0.25) is 9.69 Å². The number of ether oxygens (including phenoxy) is 3. The lowest BCUT2D eigenvalue weighted by Crippen LogP contribution is -2.58. The highest BCUT2D eigenvalue weighted by Crippen LogP contribution is 2.33. The van der Waals surface area contributed by atoms with Crippen LogP contribution in [0.2, 0.25) is 0 Å². The third kappa shape index (κ3) is 4.54. The molecule has 2 aliphatic rings. The summed E-state index contributed by atoms with van der Waals surface area (Å²) in [6.07, 6.45) is 2.20. The fourth-order valence-electron chi connectivity index (χ4n) is 3.97. The number of methoxy groups -OCH3 is 2. The molecule has 0 aromatic heterocycles. The molecule has 1 N–H and O–H groups in total. The first-order valence-corrected chi connectivity index (χ1v) is 9.59. The molecule has 7 heteroatoms. The predicted octanol–water partition coefficient (Wildman–Crippen LogP) is 1.28. The summed E-state index contributed by atoms with van der Waals surface area (Å²) in [5.74, 6) is 1.06. The molecule has 0 aliphatic carbocycles. The van der Waals surface area contributed by atoms with Crippen LogP contribution in [-0.4, -0.2) is 80.0 Å². The van der Waals surface area contributed by atoms with Crippen molar-refractivity contribution in [2.45, 2.75) is 31.4 Å². The second kappa shape index (κ2) is 8.91. The molecule has 1 amide bonds. The van der Waals surface area contributed by atoms with Gasteiger partial charge in [0, 0.05) is 44.9 Å². The first-order valence-electron chi connectivity index (χ1n) is 9.59. The largest absolute Gasteiger partial charge is 0.493 e. The Kier molecular flexibility index (Phi) is 6.57. The maximum absolute atomic E-state index is 13.1. The Morgan fingerprint density at radius 2 is 2.00 bits per heavy atom. The van der Waals surface area contributed by atoms with Crippen LogP contribution in [0.15, 0.2) is 18.2 Å².